The molecule has 0 unspecified atom stereocenters. The van der Waals surface area contributed by atoms with Crippen molar-refractivity contribution in [3.8, 4) is 5.75 Å². The van der Waals surface area contributed by atoms with E-state index in [4.69, 9.17) is 33.0 Å². The number of carbonyl (C=O) groups is 1. The van der Waals surface area contributed by atoms with Gasteiger partial charge in [0.15, 0.2) is 5.75 Å². The predicted octanol–water partition coefficient (Wildman–Crippen LogP) is 2.54. The van der Waals surface area contributed by atoms with E-state index in [0.29, 0.717) is 0 Å². The number of methoxy groups -OCH3 is 1. The Bertz CT molecular complexity index is 363. The van der Waals surface area contributed by atoms with Crippen LogP contribution in [0.4, 0.5) is 0 Å². The monoisotopic (exact) mass is 246 g/mol. The van der Waals surface area contributed by atoms with E-state index in [9.17, 15) is 4.79 Å². The minimum absolute atomic E-state index is 0. The van der Waals surface area contributed by atoms with Crippen LogP contribution in [0, 0.1) is 0 Å². The van der Waals surface area contributed by atoms with Gasteiger partial charge in [0.05, 0.1) is 17.2 Å². The number of carboxylic acids is 1. The standard InChI is InChI=1S/C8H6Cl2O3.Mg.2H/c1-13-7-5(10)3-2-4(9)6(7)8(11)12;;;/h2-3H,1H3,(H,11,12);;;/q;+2;2*-1. The minimum atomic E-state index is -1.16. The van der Waals surface area contributed by atoms with Crippen LogP contribution in [0.1, 0.15) is 13.2 Å². The van der Waals surface area contributed by atoms with Gasteiger partial charge in [0.25, 0.3) is 0 Å². The summed E-state index contributed by atoms with van der Waals surface area (Å²) < 4.78 is 4.82. The third-order valence-corrected chi connectivity index (χ3v) is 2.09. The average molecular weight is 247 g/mol. The molecule has 3 nitrogen and oxygen atoms in total. The zero-order valence-corrected chi connectivity index (χ0v) is 10.3. The van der Waals surface area contributed by atoms with Gasteiger partial charge in [-0.3, -0.25) is 0 Å². The second-order valence-electron chi connectivity index (χ2n) is 2.24. The molecule has 0 fully saturated rings. The molecule has 0 aromatic heterocycles. The molecule has 0 aliphatic heterocycles. The van der Waals surface area contributed by atoms with Crippen molar-refractivity contribution in [1.82, 2.24) is 0 Å². The Labute approximate surface area is 110 Å². The van der Waals surface area contributed by atoms with Crippen molar-refractivity contribution in [1.29, 1.82) is 0 Å². The van der Waals surface area contributed by atoms with Gasteiger partial charge in [-0.1, -0.05) is 23.2 Å². The third kappa shape index (κ3) is 2.67. The van der Waals surface area contributed by atoms with Crippen molar-refractivity contribution in [2.45, 2.75) is 0 Å². The Morgan fingerprint density at radius 1 is 1.43 bits per heavy atom. The summed E-state index contributed by atoms with van der Waals surface area (Å²) in [6, 6.07) is 2.89. The molecule has 6 heteroatoms. The molecule has 0 aliphatic carbocycles. The van der Waals surface area contributed by atoms with E-state index in [2.05, 4.69) is 0 Å². The molecule has 1 N–H and O–H groups in total. The van der Waals surface area contributed by atoms with Crippen molar-refractivity contribution in [3.63, 3.8) is 0 Å². The molecule has 0 radical (unpaired) electrons. The molecule has 0 aliphatic rings. The van der Waals surface area contributed by atoms with E-state index in [1.54, 1.807) is 0 Å². The molecular weight excluding hydrogens is 239 g/mol. The number of carboxylic acid groups (broad SMARTS) is 1. The number of hydrogen-bond donors (Lipinski definition) is 1. The number of rotatable bonds is 2. The van der Waals surface area contributed by atoms with Crippen molar-refractivity contribution >= 4 is 52.2 Å². The molecule has 0 heterocycles. The van der Waals surface area contributed by atoms with Gasteiger partial charge in [0, 0.05) is 0 Å². The molecule has 74 valence electrons. The van der Waals surface area contributed by atoms with Crippen LogP contribution in [0.5, 0.6) is 5.75 Å². The Morgan fingerprint density at radius 3 is 2.29 bits per heavy atom. The smallest absolute Gasteiger partial charge is 1.00 e. The molecule has 1 aromatic carbocycles. The van der Waals surface area contributed by atoms with Gasteiger partial charge < -0.3 is 12.7 Å². The molecule has 0 bridgehead atoms. The first kappa shape index (κ1) is 13.8. The van der Waals surface area contributed by atoms with Gasteiger partial charge in [-0.25, -0.2) is 4.79 Å². The second-order valence-corrected chi connectivity index (χ2v) is 3.06. The second kappa shape index (κ2) is 5.65. The summed E-state index contributed by atoms with van der Waals surface area (Å²) in [6.07, 6.45) is 0. The van der Waals surface area contributed by atoms with Crippen LogP contribution in [-0.2, 0) is 0 Å². The summed E-state index contributed by atoms with van der Waals surface area (Å²) in [5.41, 5.74) is -0.114. The maximum Gasteiger partial charge on any atom is 2.00 e. The van der Waals surface area contributed by atoms with Crippen LogP contribution in [0.2, 0.25) is 10.0 Å². The first-order valence-corrected chi connectivity index (χ1v) is 4.08. The van der Waals surface area contributed by atoms with Gasteiger partial charge in [-0.2, -0.15) is 0 Å². The van der Waals surface area contributed by atoms with Crippen LogP contribution in [-0.4, -0.2) is 41.2 Å². The fourth-order valence-electron chi connectivity index (χ4n) is 0.932. The average Bonchev–Trinajstić information content (AvgIpc) is 2.07. The number of benzene rings is 1. The summed E-state index contributed by atoms with van der Waals surface area (Å²) in [5, 5.41) is 9.11. The molecule has 1 aromatic rings. The summed E-state index contributed by atoms with van der Waals surface area (Å²) in [7, 11) is 1.34. The normalized spacial score (nSPS) is 9.07. The van der Waals surface area contributed by atoms with Gasteiger partial charge >= 0.3 is 29.0 Å². The Morgan fingerprint density at radius 2 is 1.93 bits per heavy atom. The quantitative estimate of drug-likeness (QED) is 0.817. The van der Waals surface area contributed by atoms with Crippen molar-refractivity contribution < 1.29 is 17.5 Å². The molecule has 0 amide bonds. The first-order valence-electron chi connectivity index (χ1n) is 3.33. The summed E-state index contributed by atoms with van der Waals surface area (Å²) in [5.74, 6) is -1.08. The molecular formula is C8H8Cl2MgO3. The Balaban J connectivity index is -0.000000563. The zero-order valence-electron chi connectivity index (χ0n) is 9.38. The van der Waals surface area contributed by atoms with Gasteiger partial charge in [0.2, 0.25) is 0 Å². The maximum absolute atomic E-state index is 10.7. The fourth-order valence-corrected chi connectivity index (χ4v) is 1.40. The molecule has 0 saturated carbocycles. The molecule has 0 atom stereocenters. The fraction of sp³-hybridized carbons (Fsp3) is 0.125. The third-order valence-electron chi connectivity index (χ3n) is 1.48. The zero-order chi connectivity index (χ0) is 10.0. The number of halogens is 2. The predicted molar refractivity (Wildman–Crippen MR) is 58.0 cm³/mol. The number of aromatic carboxylic acids is 1. The number of ether oxygens (including phenoxy) is 1. The summed E-state index contributed by atoms with van der Waals surface area (Å²) in [4.78, 5) is 10.7. The van der Waals surface area contributed by atoms with E-state index in [-0.39, 0.29) is 47.3 Å². The van der Waals surface area contributed by atoms with E-state index in [1.807, 2.05) is 0 Å². The van der Waals surface area contributed by atoms with Gasteiger partial charge in [-0.15, -0.1) is 0 Å². The van der Waals surface area contributed by atoms with E-state index in [0.717, 1.165) is 0 Å². The summed E-state index contributed by atoms with van der Waals surface area (Å²) >= 11 is 11.4. The van der Waals surface area contributed by atoms with E-state index in [1.165, 1.54) is 19.2 Å². The van der Waals surface area contributed by atoms with Crippen LogP contribution >= 0.6 is 23.2 Å². The SMILES string of the molecule is COc1c(Cl)ccc(Cl)c1C(=O)O.[H-].[H-].[Mg+2]. The Hall–Kier alpha value is -0.164. The maximum atomic E-state index is 10.7. The van der Waals surface area contributed by atoms with Crippen LogP contribution in [0.25, 0.3) is 0 Å². The van der Waals surface area contributed by atoms with Crippen molar-refractivity contribution in [3.05, 3.63) is 27.7 Å². The summed E-state index contributed by atoms with van der Waals surface area (Å²) in [6.45, 7) is 0. The van der Waals surface area contributed by atoms with E-state index < -0.39 is 5.97 Å². The van der Waals surface area contributed by atoms with Gasteiger partial charge in [0.1, 0.15) is 5.56 Å². The van der Waals surface area contributed by atoms with Gasteiger partial charge in [-0.05, 0) is 12.1 Å². The largest absolute Gasteiger partial charge is 2.00 e. The van der Waals surface area contributed by atoms with E-state index >= 15 is 0 Å². The topological polar surface area (TPSA) is 46.5 Å². The molecule has 1 rings (SSSR count). The van der Waals surface area contributed by atoms with Crippen molar-refractivity contribution in [2.75, 3.05) is 7.11 Å². The Kier molecular flexibility index (Phi) is 5.59. The number of hydrogen-bond acceptors (Lipinski definition) is 2. The van der Waals surface area contributed by atoms with Crippen molar-refractivity contribution in [2.24, 2.45) is 0 Å². The van der Waals surface area contributed by atoms with Crippen LogP contribution in [0.3, 0.4) is 0 Å². The minimum Gasteiger partial charge on any atom is -1.00 e. The van der Waals surface area contributed by atoms with Crippen LogP contribution in [0.15, 0.2) is 12.1 Å². The van der Waals surface area contributed by atoms with Crippen LogP contribution < -0.4 is 4.74 Å². The molecule has 0 saturated heterocycles. The molecule has 14 heavy (non-hydrogen) atoms. The molecule has 0 spiro atoms. The first-order chi connectivity index (χ1) is 6.07.